The van der Waals surface area contributed by atoms with Crippen LogP contribution in [0.25, 0.3) is 0 Å². The van der Waals surface area contributed by atoms with E-state index in [1.807, 2.05) is 0 Å². The second-order valence-corrected chi connectivity index (χ2v) is 4.72. The van der Waals surface area contributed by atoms with Crippen molar-refractivity contribution in [2.45, 2.75) is 48.1 Å². The van der Waals surface area contributed by atoms with E-state index >= 15 is 0 Å². The topological polar surface area (TPSA) is 23.5 Å². The van der Waals surface area contributed by atoms with Gasteiger partial charge in [0, 0.05) is 0 Å². The molecule has 0 rings (SSSR count). The molecule has 0 amide bonds. The number of hydroxylamine groups is 2. The summed E-state index contributed by atoms with van der Waals surface area (Å²) in [5, 5.41) is 3.52. The van der Waals surface area contributed by atoms with Crippen molar-refractivity contribution < 1.29 is 84.2 Å². The van der Waals surface area contributed by atoms with E-state index < -0.39 is 53.2 Å². The summed E-state index contributed by atoms with van der Waals surface area (Å²) in [7, 11) is 0. The maximum atomic E-state index is 12.6. The lowest BCUT2D eigenvalue weighted by molar-refractivity contribution is -0.538. The molecular formula is C8HF18NO. The van der Waals surface area contributed by atoms with E-state index in [1.165, 1.54) is 0 Å². The highest BCUT2D eigenvalue weighted by Crippen LogP contribution is 2.64. The molecular weight excluding hydrogens is 468 g/mol. The molecule has 0 aliphatic heterocycles. The summed E-state index contributed by atoms with van der Waals surface area (Å²) in [5.41, 5.74) is -17.3. The zero-order valence-electron chi connectivity index (χ0n) is 11.7. The Kier molecular flexibility index (Phi) is 6.02. The van der Waals surface area contributed by atoms with Crippen molar-refractivity contribution in [1.82, 2.24) is 5.06 Å². The fraction of sp³-hybridized carbons (Fsp3) is 1.00. The molecule has 0 aliphatic carbocycles. The van der Waals surface area contributed by atoms with Crippen LogP contribution >= 0.6 is 0 Å². The van der Waals surface area contributed by atoms with Crippen LogP contribution in [0, 0.1) is 0 Å². The second-order valence-electron chi connectivity index (χ2n) is 4.72. The van der Waals surface area contributed by atoms with Gasteiger partial charge in [-0.2, -0.15) is 79.0 Å². The Morgan fingerprint density at radius 1 is 0.321 bits per heavy atom. The van der Waals surface area contributed by atoms with Gasteiger partial charge in [-0.15, -0.1) is 5.06 Å². The van der Waals surface area contributed by atoms with Crippen LogP contribution < -0.4 is 0 Å². The summed E-state index contributed by atoms with van der Waals surface area (Å²) < 4.78 is 226. The first-order chi connectivity index (χ1) is 11.7. The number of halogens is 18. The van der Waals surface area contributed by atoms with Crippen molar-refractivity contribution in [3.05, 3.63) is 0 Å². The minimum absolute atomic E-state index is 4.88. The molecule has 0 fully saturated rings. The van der Waals surface area contributed by atoms with Gasteiger partial charge in [-0.3, -0.25) is 0 Å². The maximum absolute atomic E-state index is 12.6. The van der Waals surface area contributed by atoms with Gasteiger partial charge in [0.15, 0.2) is 0 Å². The lowest BCUT2D eigenvalue weighted by atomic mass is 9.86. The Morgan fingerprint density at radius 2 is 0.429 bits per heavy atom. The minimum atomic E-state index is -8.65. The van der Waals surface area contributed by atoms with Gasteiger partial charge in [-0.1, -0.05) is 0 Å². The first-order valence-corrected chi connectivity index (χ1v) is 5.55. The second kappa shape index (κ2) is 6.33. The van der Waals surface area contributed by atoms with Crippen molar-refractivity contribution >= 4 is 0 Å². The predicted octanol–water partition coefficient (Wildman–Crippen LogP) is 5.53. The van der Waals surface area contributed by atoms with Gasteiger partial charge in [0.05, 0.1) is 0 Å². The average molecular weight is 469 g/mol. The number of nitrogens with zero attached hydrogens (tertiary/aromatic N) is 1. The van der Waals surface area contributed by atoms with Gasteiger partial charge >= 0.3 is 48.1 Å². The summed E-state index contributed by atoms with van der Waals surface area (Å²) in [6.07, 6.45) is -50.5. The van der Waals surface area contributed by atoms with Gasteiger partial charge in [0.2, 0.25) is 0 Å². The monoisotopic (exact) mass is 469 g/mol. The molecule has 20 heteroatoms. The Hall–Kier alpha value is -1.34. The zero-order chi connectivity index (χ0) is 23.6. The van der Waals surface area contributed by atoms with E-state index in [4.69, 9.17) is 5.21 Å². The third-order valence-electron chi connectivity index (χ3n) is 3.10. The van der Waals surface area contributed by atoms with E-state index in [1.54, 1.807) is 0 Å². The van der Waals surface area contributed by atoms with Gasteiger partial charge < -0.3 is 5.21 Å². The van der Waals surface area contributed by atoms with Gasteiger partial charge in [-0.05, 0) is 0 Å². The molecule has 0 unspecified atom stereocenters. The molecule has 1 N–H and O–H groups in total. The number of hydrogen-bond donors (Lipinski definition) is 1. The molecule has 0 atom stereocenters. The molecule has 0 aromatic heterocycles. The van der Waals surface area contributed by atoms with Crippen LogP contribution in [0.4, 0.5) is 79.0 Å². The highest BCUT2D eigenvalue weighted by Gasteiger charge is 2.97. The smallest absolute Gasteiger partial charge is 0.311 e. The van der Waals surface area contributed by atoms with Crippen molar-refractivity contribution in [3.8, 4) is 0 Å². The SMILES string of the molecule is ON(C(C(F)(F)F)(C(F)(F)F)C(F)(F)F)C(C(F)(F)F)(C(F)(F)F)C(F)(F)F. The molecule has 0 radical (unpaired) electrons. The lowest BCUT2D eigenvalue weighted by Gasteiger charge is -2.51. The third kappa shape index (κ3) is 3.30. The molecule has 2 nitrogen and oxygen atoms in total. The summed E-state index contributed by atoms with van der Waals surface area (Å²) in [4.78, 5) is 0. The molecule has 0 spiro atoms. The molecule has 0 aliphatic rings. The molecule has 0 aromatic rings. The minimum Gasteiger partial charge on any atom is -0.311 e. The van der Waals surface area contributed by atoms with E-state index in [0.29, 0.717) is 0 Å². The molecule has 0 bridgehead atoms. The summed E-state index contributed by atoms with van der Waals surface area (Å²) >= 11 is 0. The van der Waals surface area contributed by atoms with Crippen molar-refractivity contribution in [2.24, 2.45) is 0 Å². The fourth-order valence-electron chi connectivity index (χ4n) is 1.94. The van der Waals surface area contributed by atoms with Crippen LogP contribution in [0.15, 0.2) is 0 Å². The Morgan fingerprint density at radius 3 is 0.500 bits per heavy atom. The normalized spacial score (nSPS) is 16.7. The van der Waals surface area contributed by atoms with Crippen LogP contribution in [0.5, 0.6) is 0 Å². The molecule has 28 heavy (non-hydrogen) atoms. The first kappa shape index (κ1) is 26.7. The quantitative estimate of drug-likeness (QED) is 0.425. The Bertz CT molecular complexity index is 431. The molecule has 0 aromatic carbocycles. The lowest BCUT2D eigenvalue weighted by Crippen LogP contribution is -2.86. The van der Waals surface area contributed by atoms with E-state index in [9.17, 15) is 79.0 Å². The number of rotatable bonds is 2. The average Bonchev–Trinajstić information content (AvgIpc) is 2.14. The van der Waals surface area contributed by atoms with Crippen LogP contribution in [-0.2, 0) is 0 Å². The van der Waals surface area contributed by atoms with Crippen molar-refractivity contribution in [2.75, 3.05) is 0 Å². The van der Waals surface area contributed by atoms with Gasteiger partial charge in [0.25, 0.3) is 0 Å². The van der Waals surface area contributed by atoms with E-state index in [2.05, 4.69) is 0 Å². The summed E-state index contributed by atoms with van der Waals surface area (Å²) in [5.74, 6) is 0. The summed E-state index contributed by atoms with van der Waals surface area (Å²) in [6.45, 7) is 0. The summed E-state index contributed by atoms with van der Waals surface area (Å²) in [6, 6.07) is 0. The number of hydrogen-bond acceptors (Lipinski definition) is 2. The molecule has 170 valence electrons. The van der Waals surface area contributed by atoms with Crippen LogP contribution in [-0.4, -0.2) is 58.4 Å². The van der Waals surface area contributed by atoms with E-state index in [0.717, 1.165) is 0 Å². The predicted molar refractivity (Wildman–Crippen MR) is 45.4 cm³/mol. The van der Waals surface area contributed by atoms with Crippen LogP contribution in [0.1, 0.15) is 0 Å². The molecule has 0 heterocycles. The van der Waals surface area contributed by atoms with Crippen molar-refractivity contribution in [3.63, 3.8) is 0 Å². The van der Waals surface area contributed by atoms with Crippen LogP contribution in [0.3, 0.4) is 0 Å². The molecule has 0 saturated carbocycles. The molecule has 0 saturated heterocycles. The van der Waals surface area contributed by atoms with Crippen molar-refractivity contribution in [1.29, 1.82) is 0 Å². The standard InChI is InChI=1S/C8HF18NO/c9-3(10,11)1(4(12,13)14,5(15,16)17)27(28)2(6(18,19)20,7(21,22)23)8(24,25)26/h28H. The largest absolute Gasteiger partial charge is 0.427 e. The third-order valence-corrected chi connectivity index (χ3v) is 3.10. The van der Waals surface area contributed by atoms with E-state index in [-0.39, 0.29) is 0 Å². The Balaban J connectivity index is 7.83. The first-order valence-electron chi connectivity index (χ1n) is 5.55. The number of alkyl halides is 18. The highest BCUT2D eigenvalue weighted by molar-refractivity contribution is 5.17. The highest BCUT2D eigenvalue weighted by atomic mass is 19.4. The van der Waals surface area contributed by atoms with Gasteiger partial charge in [-0.25, -0.2) is 0 Å². The zero-order valence-corrected chi connectivity index (χ0v) is 11.7. The Labute approximate surface area is 139 Å². The van der Waals surface area contributed by atoms with Crippen LogP contribution in [0.2, 0.25) is 0 Å². The fourth-order valence-corrected chi connectivity index (χ4v) is 1.94. The maximum Gasteiger partial charge on any atom is 0.427 e. The van der Waals surface area contributed by atoms with Gasteiger partial charge in [0.1, 0.15) is 0 Å².